The Morgan fingerprint density at radius 1 is 1.32 bits per heavy atom. The molecular formula is C16H33N5O. The van der Waals surface area contributed by atoms with Crippen LogP contribution in [0.15, 0.2) is 4.99 Å². The number of aliphatic imine (C=N–C) groups is 1. The molecular weight excluding hydrogens is 278 g/mol. The highest BCUT2D eigenvalue weighted by Gasteiger charge is 2.22. The maximum absolute atomic E-state index is 11.7. The fourth-order valence-electron chi connectivity index (χ4n) is 2.60. The Hall–Kier alpha value is -1.30. The third-order valence-electron chi connectivity index (χ3n) is 4.10. The average molecular weight is 311 g/mol. The largest absolute Gasteiger partial charge is 0.356 e. The number of carbonyl (C=O) groups is 1. The fourth-order valence-corrected chi connectivity index (χ4v) is 2.60. The monoisotopic (exact) mass is 311 g/mol. The van der Waals surface area contributed by atoms with Gasteiger partial charge in [-0.25, -0.2) is 4.99 Å². The highest BCUT2D eigenvalue weighted by molar-refractivity contribution is 5.84. The van der Waals surface area contributed by atoms with Gasteiger partial charge >= 0.3 is 0 Å². The zero-order valence-corrected chi connectivity index (χ0v) is 14.7. The van der Waals surface area contributed by atoms with Crippen molar-refractivity contribution >= 4 is 11.9 Å². The number of likely N-dealkylation sites (tertiary alicyclic amines) is 1. The van der Waals surface area contributed by atoms with E-state index in [1.807, 2.05) is 0 Å². The molecule has 1 unspecified atom stereocenters. The predicted molar refractivity (Wildman–Crippen MR) is 92.2 cm³/mol. The number of rotatable bonds is 8. The minimum absolute atomic E-state index is 0.0210. The number of likely N-dealkylation sites (N-methyl/N-ethyl adjacent to an activating group) is 2. The molecule has 0 spiro atoms. The second kappa shape index (κ2) is 10.4. The molecule has 1 saturated heterocycles. The molecule has 6 heteroatoms. The number of amides is 1. The second-order valence-electron chi connectivity index (χ2n) is 6.04. The first kappa shape index (κ1) is 18.7. The van der Waals surface area contributed by atoms with Crippen LogP contribution in [0.1, 0.15) is 39.5 Å². The molecule has 0 aromatic rings. The van der Waals surface area contributed by atoms with E-state index < -0.39 is 0 Å². The van der Waals surface area contributed by atoms with E-state index in [4.69, 9.17) is 0 Å². The molecule has 6 nitrogen and oxygen atoms in total. The van der Waals surface area contributed by atoms with Gasteiger partial charge in [-0.15, -0.1) is 0 Å². The van der Waals surface area contributed by atoms with Crippen molar-refractivity contribution in [2.24, 2.45) is 4.99 Å². The van der Waals surface area contributed by atoms with Crippen LogP contribution in [-0.4, -0.2) is 74.5 Å². The number of hydrogen-bond acceptors (Lipinski definition) is 3. The zero-order chi connectivity index (χ0) is 16.4. The Morgan fingerprint density at radius 3 is 2.73 bits per heavy atom. The molecule has 0 aromatic carbocycles. The number of hydrogen-bond donors (Lipinski definition) is 2. The van der Waals surface area contributed by atoms with Gasteiger partial charge in [0.05, 0.1) is 0 Å². The zero-order valence-electron chi connectivity index (χ0n) is 14.7. The Kier molecular flexibility index (Phi) is 8.89. The van der Waals surface area contributed by atoms with Gasteiger partial charge < -0.3 is 15.5 Å². The summed E-state index contributed by atoms with van der Waals surface area (Å²) in [6, 6.07) is 0.577. The Bertz CT molecular complexity index is 356. The normalized spacial score (nSPS) is 19.3. The van der Waals surface area contributed by atoms with Gasteiger partial charge in [-0.3, -0.25) is 9.69 Å². The lowest BCUT2D eigenvalue weighted by molar-refractivity contribution is -0.127. The van der Waals surface area contributed by atoms with E-state index in [0.29, 0.717) is 6.04 Å². The van der Waals surface area contributed by atoms with Gasteiger partial charge in [-0.05, 0) is 32.4 Å². The molecule has 1 aliphatic heterocycles. The summed E-state index contributed by atoms with van der Waals surface area (Å²) < 4.78 is 0. The lowest BCUT2D eigenvalue weighted by atomic mass is 10.2. The Balaban J connectivity index is 2.49. The average Bonchev–Trinajstić information content (AvgIpc) is 2.96. The van der Waals surface area contributed by atoms with Crippen LogP contribution in [0.3, 0.4) is 0 Å². The van der Waals surface area contributed by atoms with E-state index in [1.165, 1.54) is 19.4 Å². The van der Waals surface area contributed by atoms with Crippen LogP contribution in [0, 0.1) is 0 Å². The van der Waals surface area contributed by atoms with Crippen LogP contribution in [-0.2, 0) is 4.79 Å². The lowest BCUT2D eigenvalue weighted by Gasteiger charge is -2.24. The molecule has 0 aromatic heterocycles. The summed E-state index contributed by atoms with van der Waals surface area (Å²) in [7, 11) is 3.51. The topological polar surface area (TPSA) is 60.0 Å². The molecule has 1 amide bonds. The molecule has 1 atom stereocenters. The first-order valence-corrected chi connectivity index (χ1v) is 8.54. The summed E-state index contributed by atoms with van der Waals surface area (Å²) in [5, 5.41) is 6.73. The number of nitrogens with one attached hydrogen (secondary N) is 2. The molecule has 1 heterocycles. The minimum atomic E-state index is 0.0210. The van der Waals surface area contributed by atoms with Gasteiger partial charge in [-0.1, -0.05) is 20.3 Å². The van der Waals surface area contributed by atoms with Crippen molar-refractivity contribution in [3.8, 4) is 0 Å². The Morgan fingerprint density at radius 2 is 2.09 bits per heavy atom. The van der Waals surface area contributed by atoms with E-state index in [2.05, 4.69) is 34.4 Å². The van der Waals surface area contributed by atoms with Crippen molar-refractivity contribution in [2.45, 2.75) is 45.6 Å². The molecule has 0 saturated carbocycles. The first-order chi connectivity index (χ1) is 10.6. The van der Waals surface area contributed by atoms with Crippen molar-refractivity contribution in [1.82, 2.24) is 20.4 Å². The molecule has 0 aliphatic carbocycles. The molecule has 0 radical (unpaired) electrons. The van der Waals surface area contributed by atoms with E-state index in [-0.39, 0.29) is 12.5 Å². The van der Waals surface area contributed by atoms with Crippen LogP contribution in [0.2, 0.25) is 0 Å². The molecule has 1 fully saturated rings. The van der Waals surface area contributed by atoms with Gasteiger partial charge in [-0.2, -0.15) is 0 Å². The molecule has 1 aliphatic rings. The Labute approximate surface area is 135 Å². The molecule has 22 heavy (non-hydrogen) atoms. The molecule has 0 bridgehead atoms. The van der Waals surface area contributed by atoms with Gasteiger partial charge in [0.15, 0.2) is 5.96 Å². The van der Waals surface area contributed by atoms with E-state index in [0.717, 1.165) is 38.4 Å². The highest BCUT2D eigenvalue weighted by atomic mass is 16.2. The maximum Gasteiger partial charge on any atom is 0.243 e. The smallest absolute Gasteiger partial charge is 0.243 e. The van der Waals surface area contributed by atoms with Gasteiger partial charge in [0, 0.05) is 33.2 Å². The van der Waals surface area contributed by atoms with Crippen molar-refractivity contribution < 1.29 is 4.79 Å². The third kappa shape index (κ3) is 6.64. The van der Waals surface area contributed by atoms with Gasteiger partial charge in [0.1, 0.15) is 6.54 Å². The standard InChI is InChI=1S/C16H33N5O/c1-5-7-10-17-16(19-13-15(22)20(3)4)18-12-14-9-8-11-21(14)6-2/h14H,5-13H2,1-4H3,(H2,17,18,19). The number of carbonyl (C=O) groups excluding carboxylic acids is 1. The second-order valence-corrected chi connectivity index (χ2v) is 6.04. The summed E-state index contributed by atoms with van der Waals surface area (Å²) in [6.07, 6.45) is 4.75. The number of guanidine groups is 1. The van der Waals surface area contributed by atoms with Crippen LogP contribution in [0.4, 0.5) is 0 Å². The SMILES string of the molecule is CCCCNC(=NCC(=O)N(C)C)NCC1CCCN1CC. The fraction of sp³-hybridized carbons (Fsp3) is 0.875. The van der Waals surface area contributed by atoms with Gasteiger partial charge in [0.2, 0.25) is 5.91 Å². The third-order valence-corrected chi connectivity index (χ3v) is 4.10. The predicted octanol–water partition coefficient (Wildman–Crippen LogP) is 0.894. The quantitative estimate of drug-likeness (QED) is 0.397. The van der Waals surface area contributed by atoms with Crippen LogP contribution in [0.5, 0.6) is 0 Å². The lowest BCUT2D eigenvalue weighted by Crippen LogP contribution is -2.45. The van der Waals surface area contributed by atoms with Crippen molar-refractivity contribution in [3.05, 3.63) is 0 Å². The summed E-state index contributed by atoms with van der Waals surface area (Å²) >= 11 is 0. The first-order valence-electron chi connectivity index (χ1n) is 8.54. The van der Waals surface area contributed by atoms with E-state index >= 15 is 0 Å². The van der Waals surface area contributed by atoms with Crippen molar-refractivity contribution in [1.29, 1.82) is 0 Å². The number of unbranched alkanes of at least 4 members (excludes halogenated alkanes) is 1. The summed E-state index contributed by atoms with van der Waals surface area (Å²) in [6.45, 7) is 8.64. The van der Waals surface area contributed by atoms with Crippen LogP contribution in [0.25, 0.3) is 0 Å². The summed E-state index contributed by atoms with van der Waals surface area (Å²) in [5.41, 5.74) is 0. The highest BCUT2D eigenvalue weighted by Crippen LogP contribution is 2.15. The summed E-state index contributed by atoms with van der Waals surface area (Å²) in [4.78, 5) is 20.2. The minimum Gasteiger partial charge on any atom is -0.356 e. The van der Waals surface area contributed by atoms with Crippen LogP contribution >= 0.6 is 0 Å². The van der Waals surface area contributed by atoms with Crippen molar-refractivity contribution in [3.63, 3.8) is 0 Å². The maximum atomic E-state index is 11.7. The number of nitrogens with zero attached hydrogens (tertiary/aromatic N) is 3. The summed E-state index contributed by atoms with van der Waals surface area (Å²) in [5.74, 6) is 0.777. The van der Waals surface area contributed by atoms with Crippen LogP contribution < -0.4 is 10.6 Å². The molecule has 128 valence electrons. The molecule has 2 N–H and O–H groups in total. The van der Waals surface area contributed by atoms with E-state index in [9.17, 15) is 4.79 Å². The van der Waals surface area contributed by atoms with E-state index in [1.54, 1.807) is 19.0 Å². The van der Waals surface area contributed by atoms with Crippen molar-refractivity contribution in [2.75, 3.05) is 46.8 Å². The van der Waals surface area contributed by atoms with Gasteiger partial charge in [0.25, 0.3) is 0 Å². The molecule has 1 rings (SSSR count).